The van der Waals surface area contributed by atoms with E-state index in [1.807, 2.05) is 0 Å². The maximum Gasteiger partial charge on any atom is 0.168 e. The van der Waals surface area contributed by atoms with Gasteiger partial charge in [0.1, 0.15) is 11.5 Å². The van der Waals surface area contributed by atoms with Gasteiger partial charge in [-0.1, -0.05) is 12.8 Å². The van der Waals surface area contributed by atoms with Gasteiger partial charge in [-0.15, -0.1) is 0 Å². The largest absolute Gasteiger partial charge is 0.497 e. The van der Waals surface area contributed by atoms with E-state index in [2.05, 4.69) is 5.32 Å². The second-order valence-electron chi connectivity index (χ2n) is 5.19. The van der Waals surface area contributed by atoms with Crippen LogP contribution in [-0.2, 0) is 0 Å². The highest BCUT2D eigenvalue weighted by molar-refractivity contribution is 5.99. The lowest BCUT2D eigenvalue weighted by Gasteiger charge is -2.16. The van der Waals surface area contributed by atoms with Crippen LogP contribution in [0.15, 0.2) is 18.2 Å². The van der Waals surface area contributed by atoms with Gasteiger partial charge in [-0.05, 0) is 37.6 Å². The summed E-state index contributed by atoms with van der Waals surface area (Å²) in [6, 6.07) is 5.63. The van der Waals surface area contributed by atoms with Crippen LogP contribution in [0.4, 0.5) is 0 Å². The van der Waals surface area contributed by atoms with Gasteiger partial charge in [0.05, 0.1) is 19.8 Å². The van der Waals surface area contributed by atoms with Gasteiger partial charge in [-0.3, -0.25) is 4.79 Å². The number of benzene rings is 1. The molecule has 1 aromatic carbocycles. The summed E-state index contributed by atoms with van der Waals surface area (Å²) in [5.41, 5.74) is 0.609. The highest BCUT2D eigenvalue weighted by Crippen LogP contribution is 2.26. The van der Waals surface area contributed by atoms with Crippen LogP contribution in [0.2, 0.25) is 0 Å². The number of rotatable bonds is 5. The molecule has 1 heterocycles. The van der Waals surface area contributed by atoms with E-state index in [0.717, 1.165) is 13.0 Å². The molecule has 4 heteroatoms. The van der Waals surface area contributed by atoms with E-state index >= 15 is 0 Å². The molecule has 1 saturated heterocycles. The molecule has 0 spiro atoms. The second-order valence-corrected chi connectivity index (χ2v) is 5.19. The lowest BCUT2D eigenvalue weighted by atomic mass is 9.99. The smallest absolute Gasteiger partial charge is 0.168 e. The molecule has 1 aromatic rings. The number of Topliss-reactive ketones (excluding diaryl/α,β-unsaturated/α-hetero) is 1. The summed E-state index contributed by atoms with van der Waals surface area (Å²) in [7, 11) is 3.19. The number of carbonyl (C=O) groups excluding carboxylic acids is 1. The molecule has 1 atom stereocenters. The molecule has 0 aromatic heterocycles. The van der Waals surface area contributed by atoms with Gasteiger partial charge in [0.15, 0.2) is 5.78 Å². The number of carbonyl (C=O) groups is 1. The summed E-state index contributed by atoms with van der Waals surface area (Å²) < 4.78 is 10.5. The quantitative estimate of drug-likeness (QED) is 0.841. The predicted molar refractivity (Wildman–Crippen MR) is 78.8 cm³/mol. The van der Waals surface area contributed by atoms with Crippen LogP contribution in [0.25, 0.3) is 0 Å². The fraction of sp³-hybridized carbons (Fsp3) is 0.562. The third-order valence-electron chi connectivity index (χ3n) is 3.80. The zero-order chi connectivity index (χ0) is 14.4. The minimum absolute atomic E-state index is 0.111. The Labute approximate surface area is 120 Å². The second kappa shape index (κ2) is 7.29. The fourth-order valence-corrected chi connectivity index (χ4v) is 2.64. The van der Waals surface area contributed by atoms with Gasteiger partial charge in [0, 0.05) is 12.5 Å². The van der Waals surface area contributed by atoms with Crippen LogP contribution in [0, 0.1) is 0 Å². The van der Waals surface area contributed by atoms with Crippen molar-refractivity contribution in [2.24, 2.45) is 0 Å². The molecular formula is C16H23NO3. The van der Waals surface area contributed by atoms with E-state index in [4.69, 9.17) is 9.47 Å². The van der Waals surface area contributed by atoms with Crippen molar-refractivity contribution in [3.8, 4) is 11.5 Å². The lowest BCUT2D eigenvalue weighted by Crippen LogP contribution is -2.30. The Hall–Kier alpha value is -1.55. The van der Waals surface area contributed by atoms with Gasteiger partial charge in [-0.25, -0.2) is 0 Å². The van der Waals surface area contributed by atoms with Crippen LogP contribution >= 0.6 is 0 Å². The van der Waals surface area contributed by atoms with Crippen LogP contribution in [0.5, 0.6) is 11.5 Å². The molecule has 0 saturated carbocycles. The first-order valence-electron chi connectivity index (χ1n) is 7.23. The fourth-order valence-electron chi connectivity index (χ4n) is 2.64. The Morgan fingerprint density at radius 1 is 1.25 bits per heavy atom. The molecule has 1 aliphatic rings. The van der Waals surface area contributed by atoms with Crippen molar-refractivity contribution < 1.29 is 14.3 Å². The van der Waals surface area contributed by atoms with Crippen molar-refractivity contribution >= 4 is 5.78 Å². The van der Waals surface area contributed by atoms with Crippen LogP contribution < -0.4 is 14.8 Å². The van der Waals surface area contributed by atoms with Gasteiger partial charge >= 0.3 is 0 Å². The van der Waals surface area contributed by atoms with E-state index < -0.39 is 0 Å². The average molecular weight is 277 g/mol. The number of ether oxygens (including phenoxy) is 2. The summed E-state index contributed by atoms with van der Waals surface area (Å²) in [6.45, 7) is 1.01. The molecule has 0 bridgehead atoms. The van der Waals surface area contributed by atoms with E-state index in [-0.39, 0.29) is 11.8 Å². The van der Waals surface area contributed by atoms with Gasteiger partial charge < -0.3 is 14.8 Å². The Balaban J connectivity index is 2.10. The zero-order valence-electron chi connectivity index (χ0n) is 12.3. The minimum Gasteiger partial charge on any atom is -0.497 e. The average Bonchev–Trinajstić information content (AvgIpc) is 2.75. The molecule has 110 valence electrons. The standard InChI is InChI=1S/C16H23NO3/c1-19-13-7-8-16(20-2)14(11-13)15(18)10-12-6-4-3-5-9-17-12/h7-8,11-12,17H,3-6,9-10H2,1-2H3. The number of nitrogens with one attached hydrogen (secondary N) is 1. The molecule has 1 fully saturated rings. The minimum atomic E-state index is 0.111. The van der Waals surface area contributed by atoms with Gasteiger partial charge in [0.2, 0.25) is 0 Å². The maximum atomic E-state index is 12.5. The summed E-state index contributed by atoms with van der Waals surface area (Å²) in [6.07, 6.45) is 5.23. The first-order valence-corrected chi connectivity index (χ1v) is 7.23. The first-order chi connectivity index (χ1) is 9.74. The van der Waals surface area contributed by atoms with E-state index in [1.54, 1.807) is 32.4 Å². The number of hydrogen-bond donors (Lipinski definition) is 1. The van der Waals surface area contributed by atoms with Crippen LogP contribution in [0.1, 0.15) is 42.5 Å². The Morgan fingerprint density at radius 3 is 2.85 bits per heavy atom. The summed E-state index contributed by atoms with van der Waals surface area (Å²) in [5, 5.41) is 3.46. The maximum absolute atomic E-state index is 12.5. The summed E-state index contributed by atoms with van der Waals surface area (Å²) in [5.74, 6) is 1.41. The molecule has 20 heavy (non-hydrogen) atoms. The van der Waals surface area contributed by atoms with Crippen LogP contribution in [-0.4, -0.2) is 32.6 Å². The monoisotopic (exact) mass is 277 g/mol. The van der Waals surface area contributed by atoms with Crippen molar-refractivity contribution in [2.45, 2.75) is 38.1 Å². The number of hydrogen-bond acceptors (Lipinski definition) is 4. The van der Waals surface area contributed by atoms with Crippen LogP contribution in [0.3, 0.4) is 0 Å². The predicted octanol–water partition coefficient (Wildman–Crippen LogP) is 2.81. The third kappa shape index (κ3) is 3.73. The Morgan fingerprint density at radius 2 is 2.10 bits per heavy atom. The molecule has 1 aliphatic heterocycles. The highest BCUT2D eigenvalue weighted by Gasteiger charge is 2.19. The molecule has 4 nitrogen and oxygen atoms in total. The topological polar surface area (TPSA) is 47.6 Å². The molecular weight excluding hydrogens is 254 g/mol. The van der Waals surface area contributed by atoms with Crippen molar-refractivity contribution in [3.05, 3.63) is 23.8 Å². The van der Waals surface area contributed by atoms with E-state index in [0.29, 0.717) is 23.5 Å². The van der Waals surface area contributed by atoms with Crippen molar-refractivity contribution in [2.75, 3.05) is 20.8 Å². The van der Waals surface area contributed by atoms with E-state index in [1.165, 1.54) is 19.3 Å². The van der Waals surface area contributed by atoms with E-state index in [9.17, 15) is 4.79 Å². The zero-order valence-corrected chi connectivity index (χ0v) is 12.3. The number of methoxy groups -OCH3 is 2. The Bertz CT molecular complexity index is 451. The SMILES string of the molecule is COc1ccc(OC)c(C(=O)CC2CCCCCN2)c1. The molecule has 1 unspecified atom stereocenters. The highest BCUT2D eigenvalue weighted by atomic mass is 16.5. The summed E-state index contributed by atoms with van der Waals surface area (Å²) >= 11 is 0. The van der Waals surface area contributed by atoms with Gasteiger partial charge in [0.25, 0.3) is 0 Å². The van der Waals surface area contributed by atoms with Crippen molar-refractivity contribution in [1.29, 1.82) is 0 Å². The Kier molecular flexibility index (Phi) is 5.41. The molecule has 0 aliphatic carbocycles. The lowest BCUT2D eigenvalue weighted by molar-refractivity contribution is 0.0964. The molecule has 0 radical (unpaired) electrons. The molecule has 1 N–H and O–H groups in total. The van der Waals surface area contributed by atoms with Crippen molar-refractivity contribution in [3.63, 3.8) is 0 Å². The molecule has 0 amide bonds. The number of ketones is 1. The van der Waals surface area contributed by atoms with Gasteiger partial charge in [-0.2, -0.15) is 0 Å². The summed E-state index contributed by atoms with van der Waals surface area (Å²) in [4.78, 5) is 12.5. The van der Waals surface area contributed by atoms with Crippen molar-refractivity contribution in [1.82, 2.24) is 5.32 Å². The normalized spacial score (nSPS) is 19.2. The molecule has 2 rings (SSSR count). The third-order valence-corrected chi connectivity index (χ3v) is 3.80. The first kappa shape index (κ1) is 14.9.